The third-order valence-corrected chi connectivity index (χ3v) is 4.14. The number of hydrogen-bond donors (Lipinski definition) is 2. The summed E-state index contributed by atoms with van der Waals surface area (Å²) in [5.74, 6) is -0.506. The standard InChI is InChI=1S/C14H14FN5O2S/c1-7-3-10-13(22)17-11(18-14(10)23-7)6-20-5-9(12(15)19-20)4-16-8(2)21/h3,5H,4,6H2,1-2H3,(H,16,21)(H,17,18,22). The summed E-state index contributed by atoms with van der Waals surface area (Å²) in [5, 5.41) is 6.80. The highest BCUT2D eigenvalue weighted by Crippen LogP contribution is 2.19. The summed E-state index contributed by atoms with van der Waals surface area (Å²) in [6.07, 6.45) is 1.48. The van der Waals surface area contributed by atoms with Crippen molar-refractivity contribution in [2.24, 2.45) is 0 Å². The molecule has 3 heterocycles. The first-order valence-corrected chi connectivity index (χ1v) is 7.69. The first kappa shape index (κ1) is 15.3. The van der Waals surface area contributed by atoms with Gasteiger partial charge in [0.1, 0.15) is 10.7 Å². The minimum atomic E-state index is -0.658. The van der Waals surface area contributed by atoms with Gasteiger partial charge in [-0.2, -0.15) is 4.39 Å². The van der Waals surface area contributed by atoms with Crippen LogP contribution in [0.5, 0.6) is 0 Å². The predicted octanol–water partition coefficient (Wildman–Crippen LogP) is 1.31. The maximum atomic E-state index is 13.7. The van der Waals surface area contributed by atoms with Gasteiger partial charge in [-0.15, -0.1) is 16.4 Å². The fourth-order valence-electron chi connectivity index (χ4n) is 2.18. The summed E-state index contributed by atoms with van der Waals surface area (Å²) in [6, 6.07) is 1.79. The van der Waals surface area contributed by atoms with Crippen LogP contribution in [0.2, 0.25) is 0 Å². The highest BCUT2D eigenvalue weighted by molar-refractivity contribution is 7.18. The van der Waals surface area contributed by atoms with Crippen LogP contribution in [-0.4, -0.2) is 25.7 Å². The fraction of sp³-hybridized carbons (Fsp3) is 0.286. The number of H-pyrrole nitrogens is 1. The molecule has 0 unspecified atom stereocenters. The Morgan fingerprint density at radius 2 is 2.30 bits per heavy atom. The van der Waals surface area contributed by atoms with Crippen LogP contribution in [0, 0.1) is 12.9 Å². The van der Waals surface area contributed by atoms with Crippen LogP contribution in [0.4, 0.5) is 4.39 Å². The lowest BCUT2D eigenvalue weighted by molar-refractivity contribution is -0.119. The number of halogens is 1. The Morgan fingerprint density at radius 3 is 3.04 bits per heavy atom. The van der Waals surface area contributed by atoms with Gasteiger partial charge >= 0.3 is 0 Å². The van der Waals surface area contributed by atoms with Crippen LogP contribution < -0.4 is 10.9 Å². The minimum absolute atomic E-state index is 0.0638. The molecule has 3 aromatic heterocycles. The van der Waals surface area contributed by atoms with E-state index in [1.54, 1.807) is 6.07 Å². The Hall–Kier alpha value is -2.55. The molecule has 9 heteroatoms. The summed E-state index contributed by atoms with van der Waals surface area (Å²) < 4.78 is 15.1. The lowest BCUT2D eigenvalue weighted by atomic mass is 10.3. The number of carbonyl (C=O) groups excluding carboxylic acids is 1. The van der Waals surface area contributed by atoms with Gasteiger partial charge in [0.05, 0.1) is 11.9 Å². The van der Waals surface area contributed by atoms with Crippen molar-refractivity contribution in [2.45, 2.75) is 26.9 Å². The number of fused-ring (bicyclic) bond motifs is 1. The molecule has 1 amide bonds. The molecule has 2 N–H and O–H groups in total. The topological polar surface area (TPSA) is 92.7 Å². The second-order valence-electron chi connectivity index (χ2n) is 5.14. The van der Waals surface area contributed by atoms with Gasteiger partial charge in [0.2, 0.25) is 11.9 Å². The largest absolute Gasteiger partial charge is 0.352 e. The molecule has 0 atom stereocenters. The summed E-state index contributed by atoms with van der Waals surface area (Å²) in [5.41, 5.74) is 0.0519. The second kappa shape index (κ2) is 5.92. The zero-order valence-electron chi connectivity index (χ0n) is 12.5. The maximum Gasteiger partial charge on any atom is 0.259 e. The highest BCUT2D eigenvalue weighted by atomic mass is 32.1. The first-order chi connectivity index (χ1) is 10.9. The zero-order chi connectivity index (χ0) is 16.6. The van der Waals surface area contributed by atoms with E-state index in [-0.39, 0.29) is 30.1 Å². The number of thiophene rings is 1. The average Bonchev–Trinajstić information content (AvgIpc) is 2.99. The number of carbonyl (C=O) groups is 1. The average molecular weight is 335 g/mol. The van der Waals surface area contributed by atoms with E-state index in [0.717, 1.165) is 4.88 Å². The van der Waals surface area contributed by atoms with Crippen LogP contribution in [0.25, 0.3) is 10.2 Å². The van der Waals surface area contributed by atoms with Gasteiger partial charge in [-0.1, -0.05) is 0 Å². The molecule has 23 heavy (non-hydrogen) atoms. The zero-order valence-corrected chi connectivity index (χ0v) is 13.3. The maximum absolute atomic E-state index is 13.7. The van der Waals surface area contributed by atoms with E-state index in [0.29, 0.717) is 16.0 Å². The van der Waals surface area contributed by atoms with Crippen LogP contribution in [0.1, 0.15) is 23.2 Å². The van der Waals surface area contributed by atoms with Crippen molar-refractivity contribution in [1.82, 2.24) is 25.1 Å². The van der Waals surface area contributed by atoms with Crippen LogP contribution in [0.15, 0.2) is 17.1 Å². The molecular weight excluding hydrogens is 321 g/mol. The molecule has 0 saturated carbocycles. The van der Waals surface area contributed by atoms with Crippen LogP contribution in [-0.2, 0) is 17.9 Å². The Bertz CT molecular complexity index is 942. The lowest BCUT2D eigenvalue weighted by Crippen LogP contribution is -2.19. The molecule has 0 aliphatic rings. The van der Waals surface area contributed by atoms with Gasteiger partial charge in [-0.3, -0.25) is 14.3 Å². The minimum Gasteiger partial charge on any atom is -0.352 e. The summed E-state index contributed by atoms with van der Waals surface area (Å²) in [7, 11) is 0. The Balaban J connectivity index is 1.86. The molecule has 0 aliphatic heterocycles. The van der Waals surface area contributed by atoms with Crippen molar-refractivity contribution in [2.75, 3.05) is 0 Å². The number of aryl methyl sites for hydroxylation is 1. The summed E-state index contributed by atoms with van der Waals surface area (Å²) >= 11 is 1.43. The third kappa shape index (κ3) is 3.29. The van der Waals surface area contributed by atoms with Crippen molar-refractivity contribution < 1.29 is 9.18 Å². The molecule has 0 aliphatic carbocycles. The Labute approximate surface area is 134 Å². The number of aromatic nitrogens is 4. The van der Waals surface area contributed by atoms with Crippen molar-refractivity contribution in [1.29, 1.82) is 0 Å². The van der Waals surface area contributed by atoms with E-state index in [4.69, 9.17) is 0 Å². The van der Waals surface area contributed by atoms with Crippen molar-refractivity contribution in [3.63, 3.8) is 0 Å². The Morgan fingerprint density at radius 1 is 1.52 bits per heavy atom. The number of amides is 1. The molecular formula is C14H14FN5O2S. The van der Waals surface area contributed by atoms with E-state index < -0.39 is 5.95 Å². The number of hydrogen-bond acceptors (Lipinski definition) is 5. The van der Waals surface area contributed by atoms with Gasteiger partial charge in [-0.25, -0.2) is 4.98 Å². The fourth-order valence-corrected chi connectivity index (χ4v) is 3.08. The lowest BCUT2D eigenvalue weighted by Gasteiger charge is -2.01. The smallest absolute Gasteiger partial charge is 0.259 e. The van der Waals surface area contributed by atoms with Crippen LogP contribution in [0.3, 0.4) is 0 Å². The Kier molecular flexibility index (Phi) is 3.95. The van der Waals surface area contributed by atoms with E-state index in [1.165, 1.54) is 29.1 Å². The SMILES string of the molecule is CC(=O)NCc1cn(Cc2nc3sc(C)cc3c(=O)[nH]2)nc1F. The molecule has 0 radical (unpaired) electrons. The van der Waals surface area contributed by atoms with Gasteiger partial charge in [0.15, 0.2) is 0 Å². The van der Waals surface area contributed by atoms with Crippen LogP contribution >= 0.6 is 11.3 Å². The van der Waals surface area contributed by atoms with E-state index in [1.807, 2.05) is 6.92 Å². The monoisotopic (exact) mass is 335 g/mol. The number of nitrogens with one attached hydrogen (secondary N) is 2. The second-order valence-corrected chi connectivity index (χ2v) is 6.38. The predicted molar refractivity (Wildman–Crippen MR) is 83.8 cm³/mol. The van der Waals surface area contributed by atoms with E-state index in [9.17, 15) is 14.0 Å². The molecule has 120 valence electrons. The highest BCUT2D eigenvalue weighted by Gasteiger charge is 2.11. The molecule has 3 aromatic rings. The number of nitrogens with zero attached hydrogens (tertiary/aromatic N) is 3. The molecule has 0 spiro atoms. The summed E-state index contributed by atoms with van der Waals surface area (Å²) in [4.78, 5) is 31.6. The van der Waals surface area contributed by atoms with Gasteiger partial charge in [0, 0.05) is 30.1 Å². The van der Waals surface area contributed by atoms with Crippen molar-refractivity contribution in [3.8, 4) is 0 Å². The van der Waals surface area contributed by atoms with Crippen molar-refractivity contribution >= 4 is 27.5 Å². The molecule has 0 aromatic carbocycles. The summed E-state index contributed by atoms with van der Waals surface area (Å²) in [6.45, 7) is 3.46. The molecule has 0 fully saturated rings. The molecule has 3 rings (SSSR count). The first-order valence-electron chi connectivity index (χ1n) is 6.88. The van der Waals surface area contributed by atoms with Gasteiger partial charge in [-0.05, 0) is 13.0 Å². The molecule has 0 bridgehead atoms. The molecule has 7 nitrogen and oxygen atoms in total. The molecule has 0 saturated heterocycles. The third-order valence-electron chi connectivity index (χ3n) is 3.20. The van der Waals surface area contributed by atoms with Crippen molar-refractivity contribution in [3.05, 3.63) is 44.8 Å². The number of aromatic amines is 1. The quantitative estimate of drug-likeness (QED) is 0.752. The van der Waals surface area contributed by atoms with E-state index >= 15 is 0 Å². The van der Waals surface area contributed by atoms with Gasteiger partial charge in [0.25, 0.3) is 5.56 Å². The van der Waals surface area contributed by atoms with E-state index in [2.05, 4.69) is 20.4 Å². The number of rotatable bonds is 4. The normalized spacial score (nSPS) is 11.1. The van der Waals surface area contributed by atoms with Gasteiger partial charge < -0.3 is 10.3 Å².